The number of nitrogens with one attached hydrogen (secondary N) is 1. The second-order valence-corrected chi connectivity index (χ2v) is 8.47. The van der Waals surface area contributed by atoms with Crippen LogP contribution in [0.4, 0.5) is 0 Å². The van der Waals surface area contributed by atoms with Crippen LogP contribution < -0.4 is 5.32 Å². The number of hydrogen-bond donors (Lipinski definition) is 3. The zero-order valence-electron chi connectivity index (χ0n) is 15.3. The minimum absolute atomic E-state index is 0.259. The van der Waals surface area contributed by atoms with E-state index in [0.29, 0.717) is 17.4 Å². The number of hydrogen-bond acceptors (Lipinski definition) is 4. The van der Waals surface area contributed by atoms with Crippen molar-refractivity contribution >= 4 is 36.3 Å². The Morgan fingerprint density at radius 3 is 2.46 bits per heavy atom. The topological polar surface area (TPSA) is 66.4 Å². The van der Waals surface area contributed by atoms with Gasteiger partial charge in [-0.3, -0.25) is 4.79 Å². The minimum atomic E-state index is -0.995. The Morgan fingerprint density at radius 2 is 1.88 bits per heavy atom. The van der Waals surface area contributed by atoms with E-state index >= 15 is 0 Å². The predicted octanol–water partition coefficient (Wildman–Crippen LogP) is 4.10. The zero-order valence-corrected chi connectivity index (χ0v) is 17.0. The molecule has 1 fully saturated rings. The molecule has 1 aliphatic rings. The Morgan fingerprint density at radius 1 is 1.23 bits per heavy atom. The SMILES string of the molecule is C[C@H](CS)C(=O)N[C@H](CSCc1ccc(C2CCCCC2)cc1)C(=O)O. The number of thiol groups is 1. The van der Waals surface area contributed by atoms with Crippen LogP contribution in [0.15, 0.2) is 24.3 Å². The van der Waals surface area contributed by atoms with Crippen LogP contribution >= 0.6 is 24.4 Å². The van der Waals surface area contributed by atoms with Crippen molar-refractivity contribution < 1.29 is 14.7 Å². The first-order valence-corrected chi connectivity index (χ1v) is 11.1. The van der Waals surface area contributed by atoms with Crippen LogP contribution in [0.5, 0.6) is 0 Å². The average molecular weight is 396 g/mol. The smallest absolute Gasteiger partial charge is 0.327 e. The fourth-order valence-electron chi connectivity index (χ4n) is 3.19. The van der Waals surface area contributed by atoms with Gasteiger partial charge < -0.3 is 10.4 Å². The summed E-state index contributed by atoms with van der Waals surface area (Å²) in [6, 6.07) is 7.87. The third-order valence-corrected chi connectivity index (χ3v) is 6.60. The third kappa shape index (κ3) is 6.54. The maximum Gasteiger partial charge on any atom is 0.327 e. The summed E-state index contributed by atoms with van der Waals surface area (Å²) in [6.45, 7) is 1.74. The van der Waals surface area contributed by atoms with Gasteiger partial charge in [0.15, 0.2) is 0 Å². The number of carboxylic acid groups (broad SMARTS) is 1. The lowest BCUT2D eigenvalue weighted by molar-refractivity contribution is -0.141. The van der Waals surface area contributed by atoms with Crippen LogP contribution in [-0.4, -0.2) is 34.5 Å². The molecule has 0 saturated heterocycles. The van der Waals surface area contributed by atoms with Crippen LogP contribution in [0.25, 0.3) is 0 Å². The first kappa shape index (κ1) is 21.2. The van der Waals surface area contributed by atoms with Crippen molar-refractivity contribution in [2.75, 3.05) is 11.5 Å². The van der Waals surface area contributed by atoms with E-state index in [1.165, 1.54) is 55.0 Å². The van der Waals surface area contributed by atoms with Crippen LogP contribution in [0.2, 0.25) is 0 Å². The van der Waals surface area contributed by atoms with Gasteiger partial charge in [0.1, 0.15) is 6.04 Å². The summed E-state index contributed by atoms with van der Waals surface area (Å²) in [5.41, 5.74) is 2.61. The lowest BCUT2D eigenvalue weighted by atomic mass is 9.84. The standard InChI is InChI=1S/C20H29NO3S2/c1-14(11-25)19(22)21-18(20(23)24)13-26-12-15-7-9-17(10-8-15)16-5-3-2-4-6-16/h7-10,14,16,18,25H,2-6,11-13H2,1H3,(H,21,22)(H,23,24)/t14-,18-/m1/s1. The van der Waals surface area contributed by atoms with E-state index in [4.69, 9.17) is 0 Å². The quantitative estimate of drug-likeness (QED) is 0.551. The predicted molar refractivity (Wildman–Crippen MR) is 111 cm³/mol. The Hall–Kier alpha value is -1.14. The molecule has 0 heterocycles. The summed E-state index contributed by atoms with van der Waals surface area (Å²) in [5, 5.41) is 11.9. The molecule has 0 unspecified atom stereocenters. The van der Waals surface area contributed by atoms with E-state index in [1.807, 2.05) is 0 Å². The molecule has 4 nitrogen and oxygen atoms in total. The summed E-state index contributed by atoms with van der Waals surface area (Å²) in [6.07, 6.45) is 6.60. The van der Waals surface area contributed by atoms with E-state index in [-0.39, 0.29) is 11.8 Å². The molecule has 144 valence electrons. The highest BCUT2D eigenvalue weighted by atomic mass is 32.2. The first-order chi connectivity index (χ1) is 12.5. The van der Waals surface area contributed by atoms with Gasteiger partial charge in [0.2, 0.25) is 5.91 Å². The summed E-state index contributed by atoms with van der Waals surface area (Å²) in [7, 11) is 0. The number of carboxylic acids is 1. The van der Waals surface area contributed by atoms with Crippen LogP contribution in [-0.2, 0) is 15.3 Å². The van der Waals surface area contributed by atoms with Gasteiger partial charge in [-0.15, -0.1) is 0 Å². The summed E-state index contributed by atoms with van der Waals surface area (Å²) in [5.74, 6) is 0.647. The van der Waals surface area contributed by atoms with E-state index < -0.39 is 12.0 Å². The second-order valence-electron chi connectivity index (χ2n) is 7.07. The summed E-state index contributed by atoms with van der Waals surface area (Å²) in [4.78, 5) is 23.2. The molecule has 1 saturated carbocycles. The Kier molecular flexibility index (Phi) is 8.85. The van der Waals surface area contributed by atoms with Gasteiger partial charge >= 0.3 is 5.97 Å². The summed E-state index contributed by atoms with van der Waals surface area (Å²) < 4.78 is 0. The molecule has 6 heteroatoms. The van der Waals surface area contributed by atoms with Gasteiger partial charge in [0.05, 0.1) is 0 Å². The Bertz CT molecular complexity index is 585. The molecule has 2 rings (SSSR count). The van der Waals surface area contributed by atoms with Gasteiger partial charge in [-0.1, -0.05) is 50.5 Å². The maximum atomic E-state index is 11.9. The summed E-state index contributed by atoms with van der Waals surface area (Å²) >= 11 is 5.61. The van der Waals surface area contributed by atoms with Gasteiger partial charge in [0, 0.05) is 23.2 Å². The molecule has 0 spiro atoms. The molecule has 0 aromatic heterocycles. The van der Waals surface area contributed by atoms with Crippen molar-refractivity contribution in [3.8, 4) is 0 Å². The number of rotatable bonds is 9. The number of aliphatic carboxylic acids is 1. The lowest BCUT2D eigenvalue weighted by Gasteiger charge is -2.22. The highest BCUT2D eigenvalue weighted by Gasteiger charge is 2.22. The van der Waals surface area contributed by atoms with Gasteiger partial charge in [-0.2, -0.15) is 24.4 Å². The molecule has 1 amide bonds. The number of amides is 1. The van der Waals surface area contributed by atoms with Gasteiger partial charge in [0.25, 0.3) is 0 Å². The average Bonchev–Trinajstić information content (AvgIpc) is 2.67. The van der Waals surface area contributed by atoms with Crippen molar-refractivity contribution in [2.45, 2.75) is 56.7 Å². The third-order valence-electron chi connectivity index (χ3n) is 4.95. The van der Waals surface area contributed by atoms with E-state index in [9.17, 15) is 14.7 Å². The van der Waals surface area contributed by atoms with Crippen molar-refractivity contribution in [1.82, 2.24) is 5.32 Å². The fraction of sp³-hybridized carbons (Fsp3) is 0.600. The molecule has 2 atom stereocenters. The molecular formula is C20H29NO3S2. The Balaban J connectivity index is 1.81. The van der Waals surface area contributed by atoms with Crippen LogP contribution in [0.3, 0.4) is 0 Å². The number of carbonyl (C=O) groups is 2. The van der Waals surface area contributed by atoms with Crippen molar-refractivity contribution in [1.29, 1.82) is 0 Å². The molecule has 1 aromatic rings. The maximum absolute atomic E-state index is 11.9. The zero-order chi connectivity index (χ0) is 18.9. The molecule has 1 aliphatic carbocycles. The van der Waals surface area contributed by atoms with Gasteiger partial charge in [-0.25, -0.2) is 4.79 Å². The van der Waals surface area contributed by atoms with Crippen LogP contribution in [0.1, 0.15) is 56.1 Å². The highest BCUT2D eigenvalue weighted by molar-refractivity contribution is 7.98. The molecule has 0 radical (unpaired) electrons. The molecule has 2 N–H and O–H groups in total. The van der Waals surface area contributed by atoms with Crippen molar-refractivity contribution in [2.24, 2.45) is 5.92 Å². The number of carbonyl (C=O) groups excluding carboxylic acids is 1. The largest absolute Gasteiger partial charge is 0.480 e. The lowest BCUT2D eigenvalue weighted by Crippen LogP contribution is -2.45. The van der Waals surface area contributed by atoms with E-state index in [1.54, 1.807) is 6.92 Å². The first-order valence-electron chi connectivity index (χ1n) is 9.32. The van der Waals surface area contributed by atoms with Crippen molar-refractivity contribution in [3.63, 3.8) is 0 Å². The molecular weight excluding hydrogens is 366 g/mol. The van der Waals surface area contributed by atoms with Crippen molar-refractivity contribution in [3.05, 3.63) is 35.4 Å². The molecule has 1 aromatic carbocycles. The van der Waals surface area contributed by atoms with E-state index in [2.05, 4.69) is 42.2 Å². The van der Waals surface area contributed by atoms with Crippen LogP contribution in [0, 0.1) is 5.92 Å². The molecule has 0 bridgehead atoms. The highest BCUT2D eigenvalue weighted by Crippen LogP contribution is 2.32. The normalized spacial score (nSPS) is 17.5. The monoisotopic (exact) mass is 395 g/mol. The minimum Gasteiger partial charge on any atom is -0.480 e. The van der Waals surface area contributed by atoms with E-state index in [0.717, 1.165) is 5.75 Å². The fourth-order valence-corrected chi connectivity index (χ4v) is 4.36. The number of thioether (sulfide) groups is 1. The molecule has 0 aliphatic heterocycles. The van der Waals surface area contributed by atoms with Gasteiger partial charge in [-0.05, 0) is 29.9 Å². The Labute approximate surface area is 165 Å². The molecule has 26 heavy (non-hydrogen) atoms. The second kappa shape index (κ2) is 10.9. The number of benzene rings is 1.